The first-order valence-electron chi connectivity index (χ1n) is 4.44. The first-order chi connectivity index (χ1) is 6.90. The van der Waals surface area contributed by atoms with Crippen molar-refractivity contribution in [3.8, 4) is 0 Å². The Hall–Kier alpha value is 2.45. The Morgan fingerprint density at radius 2 is 2.36 bits per heavy atom. The van der Waals surface area contributed by atoms with Crippen LogP contribution in [0.5, 0.6) is 0 Å². The van der Waals surface area contributed by atoms with Crippen LogP contribution in [0.1, 0.15) is 0 Å². The lowest BCUT2D eigenvalue weighted by atomic mass is 11.0. The molecular formula is C7H16S7. The molecule has 0 aliphatic carbocycles. The Morgan fingerprint density at radius 1 is 1.50 bits per heavy atom. The van der Waals surface area contributed by atoms with Gasteiger partial charge in [0.1, 0.15) is 0 Å². The minimum Gasteiger partial charge on any atom is -0.214 e. The first kappa shape index (κ1) is 12.9. The van der Waals surface area contributed by atoms with Gasteiger partial charge in [-0.25, -0.2) is 10.9 Å². The van der Waals surface area contributed by atoms with Gasteiger partial charge in [-0.2, -0.15) is 34.3 Å². The number of thioether (sulfide) groups is 3. The average molecular weight is 325 g/mol. The van der Waals surface area contributed by atoms with E-state index in [1.807, 2.05) is 0 Å². The highest BCUT2D eigenvalue weighted by Crippen LogP contribution is 2.59. The van der Waals surface area contributed by atoms with Gasteiger partial charge in [-0.05, 0) is 5.75 Å². The van der Waals surface area contributed by atoms with Gasteiger partial charge in [0, 0.05) is 26.1 Å². The molecule has 0 aromatic carbocycles. The fraction of sp³-hybridized carbons (Fsp3) is 1.00. The van der Waals surface area contributed by atoms with E-state index in [1.165, 1.54) is 26.8 Å². The molecule has 2 rings (SSSR count). The van der Waals surface area contributed by atoms with Gasteiger partial charge in [0.15, 0.2) is 0 Å². The number of rotatable bonds is 5. The van der Waals surface area contributed by atoms with E-state index < -0.39 is 0 Å². The molecule has 0 aromatic rings. The lowest BCUT2D eigenvalue weighted by Gasteiger charge is -2.35. The van der Waals surface area contributed by atoms with Gasteiger partial charge in [-0.3, -0.25) is 0 Å². The SMILES string of the molecule is SC[SH](CS[SH]1CCSC1)C1SCS1. The van der Waals surface area contributed by atoms with Crippen molar-refractivity contribution < 1.29 is 0 Å². The molecule has 2 heterocycles. The summed E-state index contributed by atoms with van der Waals surface area (Å²) in [6.07, 6.45) is 0. The topological polar surface area (TPSA) is 0 Å². The monoisotopic (exact) mass is 324 g/mol. The molecule has 86 valence electrons. The van der Waals surface area contributed by atoms with E-state index in [9.17, 15) is 0 Å². The number of thiol groups is 3. The molecule has 2 unspecified atom stereocenters. The van der Waals surface area contributed by atoms with E-state index in [0.29, 0.717) is 9.93 Å². The van der Waals surface area contributed by atoms with Crippen LogP contribution in [0.4, 0.5) is 0 Å². The van der Waals surface area contributed by atoms with E-state index in [-0.39, 0.29) is 10.9 Å². The maximum Gasteiger partial charge on any atom is 0.0813 e. The summed E-state index contributed by atoms with van der Waals surface area (Å²) in [7, 11) is 2.86. The van der Waals surface area contributed by atoms with Crippen molar-refractivity contribution in [1.82, 2.24) is 0 Å². The van der Waals surface area contributed by atoms with Crippen molar-refractivity contribution in [2.24, 2.45) is 0 Å². The number of hydrogen-bond donors (Lipinski definition) is 3. The summed E-state index contributed by atoms with van der Waals surface area (Å²) >= 11 is 11.0. The lowest BCUT2D eigenvalue weighted by molar-refractivity contribution is 1.58. The minimum atomic E-state index is 0.211. The van der Waals surface area contributed by atoms with Crippen LogP contribution in [0.15, 0.2) is 0 Å². The molecule has 14 heavy (non-hydrogen) atoms. The highest BCUT2D eigenvalue weighted by molar-refractivity contribution is 8.88. The molecular weight excluding hydrogens is 309 g/mol. The van der Waals surface area contributed by atoms with Gasteiger partial charge in [0.2, 0.25) is 0 Å². The molecule has 7 heteroatoms. The second-order valence-electron chi connectivity index (χ2n) is 2.99. The van der Waals surface area contributed by atoms with Gasteiger partial charge in [-0.15, -0.1) is 34.3 Å². The standard InChI is InChI=1S/C7H16S7/c8-3-13(7-10-4-11-7)6-12-14-2-1-9-5-14/h7-8,13-14H,1-6H2. The fourth-order valence-electron chi connectivity index (χ4n) is 1.16. The Balaban J connectivity index is 1.65. The molecule has 2 aliphatic heterocycles. The second-order valence-corrected chi connectivity index (χ2v) is 16.2. The third kappa shape index (κ3) is 3.74. The van der Waals surface area contributed by atoms with Crippen LogP contribution in [0.25, 0.3) is 0 Å². The van der Waals surface area contributed by atoms with Crippen LogP contribution in [0.3, 0.4) is 0 Å². The van der Waals surface area contributed by atoms with Gasteiger partial charge in [0.25, 0.3) is 0 Å². The first-order valence-corrected chi connectivity index (χ1v) is 13.4. The van der Waals surface area contributed by atoms with E-state index in [1.54, 1.807) is 0 Å². The van der Waals surface area contributed by atoms with Crippen molar-refractivity contribution in [3.05, 3.63) is 0 Å². The smallest absolute Gasteiger partial charge is 0.0813 e. The third-order valence-corrected chi connectivity index (χ3v) is 18.4. The summed E-state index contributed by atoms with van der Waals surface area (Å²) in [6, 6.07) is 0. The Labute approximate surface area is 114 Å². The summed E-state index contributed by atoms with van der Waals surface area (Å²) in [5.41, 5.74) is 0. The van der Waals surface area contributed by atoms with E-state index >= 15 is 0 Å². The Kier molecular flexibility index (Phi) is 6.46. The predicted molar refractivity (Wildman–Crippen MR) is 90.3 cm³/mol. The van der Waals surface area contributed by atoms with Gasteiger partial charge >= 0.3 is 0 Å². The van der Waals surface area contributed by atoms with Crippen LogP contribution in [0.2, 0.25) is 0 Å². The van der Waals surface area contributed by atoms with Gasteiger partial charge < -0.3 is 0 Å². The molecule has 0 saturated carbocycles. The maximum absolute atomic E-state index is 4.51. The fourth-order valence-corrected chi connectivity index (χ4v) is 19.4. The molecule has 0 aromatic heterocycles. The zero-order chi connectivity index (χ0) is 9.80. The number of hydrogen-bond acceptors (Lipinski definition) is 5. The molecule has 2 saturated heterocycles. The zero-order valence-electron chi connectivity index (χ0n) is 7.79. The third-order valence-electron chi connectivity index (χ3n) is 2.03. The summed E-state index contributed by atoms with van der Waals surface area (Å²) in [5, 5.41) is 5.35. The molecule has 0 N–H and O–H groups in total. The lowest BCUT2D eigenvalue weighted by Crippen LogP contribution is -2.10. The summed E-state index contributed by atoms with van der Waals surface area (Å²) < 4.78 is 0.931. The quantitative estimate of drug-likeness (QED) is 0.518. The van der Waals surface area contributed by atoms with E-state index in [0.717, 1.165) is 9.00 Å². The van der Waals surface area contributed by atoms with E-state index in [4.69, 9.17) is 0 Å². The van der Waals surface area contributed by atoms with Crippen LogP contribution in [0, 0.1) is 0 Å². The molecule has 0 nitrogen and oxygen atoms in total. The van der Waals surface area contributed by atoms with Crippen LogP contribution < -0.4 is 0 Å². The molecule has 0 spiro atoms. The molecule has 0 amide bonds. The highest BCUT2D eigenvalue weighted by atomic mass is 33.1. The largest absolute Gasteiger partial charge is 0.214 e. The summed E-state index contributed by atoms with van der Waals surface area (Å²) in [6.45, 7) is 0. The minimum absolute atomic E-state index is 0.211. The zero-order valence-corrected chi connectivity index (χ0v) is 13.7. The molecule has 2 atom stereocenters. The summed E-state index contributed by atoms with van der Waals surface area (Å²) in [4.78, 5) is 0. The van der Waals surface area contributed by atoms with Gasteiger partial charge in [-0.1, -0.05) is 0 Å². The Bertz CT molecular complexity index is 165. The highest BCUT2D eigenvalue weighted by Gasteiger charge is 2.25. The van der Waals surface area contributed by atoms with Crippen LogP contribution in [-0.2, 0) is 0 Å². The molecule has 2 aliphatic rings. The van der Waals surface area contributed by atoms with Crippen LogP contribution in [-0.4, -0.2) is 35.8 Å². The second kappa shape index (κ2) is 7.01. The van der Waals surface area contributed by atoms with Crippen molar-refractivity contribution in [2.75, 3.05) is 31.8 Å². The van der Waals surface area contributed by atoms with Gasteiger partial charge in [0.05, 0.1) is 3.91 Å². The van der Waals surface area contributed by atoms with E-state index in [2.05, 4.69) is 58.7 Å². The normalized spacial score (nSPS) is 34.1. The predicted octanol–water partition coefficient (Wildman–Crippen LogP) is 3.91. The molecule has 2 fully saturated rings. The van der Waals surface area contributed by atoms with Crippen molar-refractivity contribution >= 4 is 79.5 Å². The molecule has 0 radical (unpaired) electrons. The molecule has 0 bridgehead atoms. The van der Waals surface area contributed by atoms with Crippen molar-refractivity contribution in [3.63, 3.8) is 0 Å². The average Bonchev–Trinajstić information content (AvgIpc) is 2.61. The summed E-state index contributed by atoms with van der Waals surface area (Å²) in [5.74, 6) is 2.93. The van der Waals surface area contributed by atoms with Crippen LogP contribution >= 0.6 is 79.5 Å². The maximum atomic E-state index is 4.51. The Morgan fingerprint density at radius 3 is 2.86 bits per heavy atom. The van der Waals surface area contributed by atoms with Crippen molar-refractivity contribution in [1.29, 1.82) is 0 Å². The van der Waals surface area contributed by atoms with Crippen molar-refractivity contribution in [2.45, 2.75) is 3.91 Å².